The van der Waals surface area contributed by atoms with Gasteiger partial charge < -0.3 is 9.88 Å². The van der Waals surface area contributed by atoms with Crippen molar-refractivity contribution in [3.63, 3.8) is 0 Å². The molecule has 2 heterocycles. The largest absolute Gasteiger partial charge is 0.328 e. The van der Waals surface area contributed by atoms with Crippen LogP contribution in [0.15, 0.2) is 17.8 Å². The van der Waals surface area contributed by atoms with Gasteiger partial charge in [0.2, 0.25) is 0 Å². The van der Waals surface area contributed by atoms with Crippen LogP contribution in [0.1, 0.15) is 43.2 Å². The van der Waals surface area contributed by atoms with Gasteiger partial charge in [0.15, 0.2) is 0 Å². The van der Waals surface area contributed by atoms with Crippen molar-refractivity contribution in [2.45, 2.75) is 46.2 Å². The molecule has 2 aromatic heterocycles. The summed E-state index contributed by atoms with van der Waals surface area (Å²) in [5, 5.41) is 6.79. The van der Waals surface area contributed by atoms with Crippen LogP contribution in [0.4, 0.5) is 0 Å². The van der Waals surface area contributed by atoms with E-state index in [0.29, 0.717) is 0 Å². The molecule has 0 spiro atoms. The van der Waals surface area contributed by atoms with Crippen LogP contribution < -0.4 is 5.32 Å². The highest BCUT2D eigenvalue weighted by atomic mass is 32.1. The fourth-order valence-electron chi connectivity index (χ4n) is 1.95. The molecule has 0 unspecified atom stereocenters. The van der Waals surface area contributed by atoms with Crippen LogP contribution in [-0.4, -0.2) is 21.1 Å². The maximum Gasteiger partial charge on any atom is 0.123 e. The molecule has 2 rings (SSSR count). The first-order valence-electron chi connectivity index (χ1n) is 6.97. The van der Waals surface area contributed by atoms with Crippen LogP contribution in [0, 0.1) is 0 Å². The minimum atomic E-state index is 0.823. The zero-order valence-corrected chi connectivity index (χ0v) is 12.5. The summed E-state index contributed by atoms with van der Waals surface area (Å²) in [6.45, 7) is 7.04. The predicted octanol–water partition coefficient (Wildman–Crippen LogP) is 2.84. The van der Waals surface area contributed by atoms with Gasteiger partial charge in [0, 0.05) is 17.8 Å². The Bertz CT molecular complexity index is 489. The van der Waals surface area contributed by atoms with E-state index in [4.69, 9.17) is 0 Å². The molecule has 19 heavy (non-hydrogen) atoms. The van der Waals surface area contributed by atoms with Crippen LogP contribution in [0.3, 0.4) is 0 Å². The lowest BCUT2D eigenvalue weighted by atomic mass is 10.3. The van der Waals surface area contributed by atoms with Gasteiger partial charge in [0.1, 0.15) is 5.82 Å². The molecular formula is C14H22N4S. The predicted molar refractivity (Wildman–Crippen MR) is 79.4 cm³/mol. The number of thiazole rings is 1. The van der Waals surface area contributed by atoms with Crippen molar-refractivity contribution >= 4 is 11.3 Å². The van der Waals surface area contributed by atoms with E-state index in [-0.39, 0.29) is 0 Å². The van der Waals surface area contributed by atoms with Crippen LogP contribution >= 0.6 is 11.3 Å². The van der Waals surface area contributed by atoms with Gasteiger partial charge in [0.05, 0.1) is 23.8 Å². The number of rotatable bonds is 8. The highest BCUT2D eigenvalue weighted by Gasteiger charge is 2.06. The Morgan fingerprint density at radius 2 is 2.21 bits per heavy atom. The van der Waals surface area contributed by atoms with Gasteiger partial charge in [-0.3, -0.25) is 0 Å². The van der Waals surface area contributed by atoms with E-state index in [0.717, 1.165) is 50.4 Å². The topological polar surface area (TPSA) is 42.7 Å². The molecule has 0 saturated heterocycles. The first-order valence-corrected chi connectivity index (χ1v) is 7.85. The Morgan fingerprint density at radius 3 is 3.00 bits per heavy atom. The minimum Gasteiger partial charge on any atom is -0.328 e. The Morgan fingerprint density at radius 1 is 1.32 bits per heavy atom. The number of aryl methyl sites for hydroxylation is 1. The first kappa shape index (κ1) is 14.2. The first-order chi connectivity index (χ1) is 9.33. The van der Waals surface area contributed by atoms with Gasteiger partial charge in [-0.15, -0.1) is 11.3 Å². The van der Waals surface area contributed by atoms with Crippen molar-refractivity contribution < 1.29 is 0 Å². The average molecular weight is 278 g/mol. The van der Waals surface area contributed by atoms with Gasteiger partial charge in [-0.1, -0.05) is 13.8 Å². The minimum absolute atomic E-state index is 0.823. The molecule has 5 heteroatoms. The number of nitrogens with one attached hydrogen (secondary N) is 1. The highest BCUT2D eigenvalue weighted by Crippen LogP contribution is 2.13. The molecule has 0 aliphatic carbocycles. The van der Waals surface area contributed by atoms with E-state index >= 15 is 0 Å². The fourth-order valence-corrected chi connectivity index (χ4v) is 2.84. The zero-order chi connectivity index (χ0) is 13.5. The molecule has 4 nitrogen and oxygen atoms in total. The number of hydrogen-bond donors (Lipinski definition) is 1. The molecule has 1 N–H and O–H groups in total. The lowest BCUT2D eigenvalue weighted by molar-refractivity contribution is 0.612. The standard InChI is InChI=1S/C14H22N4S/c1-3-5-14-17-12(11-19-14)10-18-8-7-16-13(18)9-15-6-4-2/h7-8,11,15H,3-6,9-10H2,1-2H3. The summed E-state index contributed by atoms with van der Waals surface area (Å²) in [7, 11) is 0. The summed E-state index contributed by atoms with van der Waals surface area (Å²) in [6.07, 6.45) is 7.28. The molecule has 0 aromatic carbocycles. The molecule has 2 aromatic rings. The van der Waals surface area contributed by atoms with Crippen molar-refractivity contribution in [3.8, 4) is 0 Å². The van der Waals surface area contributed by atoms with E-state index in [2.05, 4.69) is 39.1 Å². The van der Waals surface area contributed by atoms with E-state index in [9.17, 15) is 0 Å². The SMILES string of the molecule is CCCNCc1nccn1Cc1csc(CCC)n1. The third-order valence-electron chi connectivity index (χ3n) is 2.91. The number of imidazole rings is 1. The number of hydrogen-bond acceptors (Lipinski definition) is 4. The molecule has 0 fully saturated rings. The third-order valence-corrected chi connectivity index (χ3v) is 3.86. The summed E-state index contributed by atoms with van der Waals surface area (Å²) >= 11 is 1.76. The van der Waals surface area contributed by atoms with Gasteiger partial charge in [0.25, 0.3) is 0 Å². The van der Waals surface area contributed by atoms with Gasteiger partial charge in [-0.05, 0) is 25.8 Å². The molecule has 104 valence electrons. The second kappa shape index (κ2) is 7.40. The summed E-state index contributed by atoms with van der Waals surface area (Å²) < 4.78 is 2.17. The van der Waals surface area contributed by atoms with E-state index < -0.39 is 0 Å². The normalized spacial score (nSPS) is 11.1. The van der Waals surface area contributed by atoms with Gasteiger partial charge in [-0.25, -0.2) is 9.97 Å². The monoisotopic (exact) mass is 278 g/mol. The van der Waals surface area contributed by atoms with Crippen molar-refractivity contribution in [2.24, 2.45) is 0 Å². The maximum absolute atomic E-state index is 4.66. The average Bonchev–Trinajstić information content (AvgIpc) is 3.01. The smallest absolute Gasteiger partial charge is 0.123 e. The number of nitrogens with zero attached hydrogens (tertiary/aromatic N) is 3. The summed E-state index contributed by atoms with van der Waals surface area (Å²) in [5.74, 6) is 1.08. The Labute approximate surface area is 118 Å². The zero-order valence-electron chi connectivity index (χ0n) is 11.7. The highest BCUT2D eigenvalue weighted by molar-refractivity contribution is 7.09. The maximum atomic E-state index is 4.66. The van der Waals surface area contributed by atoms with Crippen LogP contribution in [0.2, 0.25) is 0 Å². The molecular weight excluding hydrogens is 256 g/mol. The summed E-state index contributed by atoms with van der Waals surface area (Å²) in [6, 6.07) is 0. The second-order valence-electron chi connectivity index (χ2n) is 4.63. The van der Waals surface area contributed by atoms with Crippen LogP contribution in [0.5, 0.6) is 0 Å². The lowest BCUT2D eigenvalue weighted by Gasteiger charge is -2.06. The molecule has 0 amide bonds. The van der Waals surface area contributed by atoms with Crippen molar-refractivity contribution in [1.82, 2.24) is 19.9 Å². The Balaban J connectivity index is 1.96. The lowest BCUT2D eigenvalue weighted by Crippen LogP contribution is -2.18. The van der Waals surface area contributed by atoms with Crippen molar-refractivity contribution in [3.05, 3.63) is 34.3 Å². The Hall–Kier alpha value is -1.20. The molecule has 0 aliphatic rings. The van der Waals surface area contributed by atoms with Crippen LogP contribution in [0.25, 0.3) is 0 Å². The van der Waals surface area contributed by atoms with Gasteiger partial charge >= 0.3 is 0 Å². The number of aromatic nitrogens is 3. The summed E-state index contributed by atoms with van der Waals surface area (Å²) in [4.78, 5) is 9.07. The molecule has 0 bridgehead atoms. The molecule has 0 atom stereocenters. The summed E-state index contributed by atoms with van der Waals surface area (Å²) in [5.41, 5.74) is 1.14. The van der Waals surface area contributed by atoms with E-state index in [1.807, 2.05) is 12.4 Å². The molecule has 0 aliphatic heterocycles. The second-order valence-corrected chi connectivity index (χ2v) is 5.57. The Kier molecular flexibility index (Phi) is 5.54. The van der Waals surface area contributed by atoms with Gasteiger partial charge in [-0.2, -0.15) is 0 Å². The molecule has 0 radical (unpaired) electrons. The van der Waals surface area contributed by atoms with Crippen molar-refractivity contribution in [2.75, 3.05) is 6.54 Å². The molecule has 0 saturated carbocycles. The fraction of sp³-hybridized carbons (Fsp3) is 0.571. The van der Waals surface area contributed by atoms with E-state index in [1.165, 1.54) is 5.01 Å². The third kappa shape index (κ3) is 4.14. The van der Waals surface area contributed by atoms with Crippen molar-refractivity contribution in [1.29, 1.82) is 0 Å². The van der Waals surface area contributed by atoms with E-state index in [1.54, 1.807) is 11.3 Å². The quantitative estimate of drug-likeness (QED) is 0.755. The van der Waals surface area contributed by atoms with Crippen LogP contribution in [-0.2, 0) is 19.5 Å².